The van der Waals surface area contributed by atoms with Crippen molar-refractivity contribution in [2.45, 2.75) is 13.0 Å². The first kappa shape index (κ1) is 17.1. The van der Waals surface area contributed by atoms with Gasteiger partial charge in [-0.15, -0.1) is 0 Å². The lowest BCUT2D eigenvalue weighted by molar-refractivity contribution is -0.120. The Morgan fingerprint density at radius 2 is 2.04 bits per heavy atom. The zero-order chi connectivity index (χ0) is 16.8. The van der Waals surface area contributed by atoms with Gasteiger partial charge in [0, 0.05) is 10.6 Å². The van der Waals surface area contributed by atoms with E-state index in [1.807, 2.05) is 31.2 Å². The highest BCUT2D eigenvalue weighted by Crippen LogP contribution is 2.24. The molecule has 0 aliphatic rings. The van der Waals surface area contributed by atoms with Gasteiger partial charge in [0.2, 0.25) is 5.91 Å². The fraction of sp³-hybridized carbons (Fsp3) is 0.235. The van der Waals surface area contributed by atoms with Crippen molar-refractivity contribution in [2.24, 2.45) is 0 Å². The van der Waals surface area contributed by atoms with Crippen LogP contribution in [0.1, 0.15) is 18.5 Å². The molecule has 1 atom stereocenters. The molecular weight excluding hydrogens is 319 g/mol. The normalized spacial score (nSPS) is 11.7. The van der Waals surface area contributed by atoms with Crippen molar-refractivity contribution in [3.8, 4) is 5.75 Å². The van der Waals surface area contributed by atoms with E-state index < -0.39 is 5.82 Å². The summed E-state index contributed by atoms with van der Waals surface area (Å²) in [6.45, 7) is 1.80. The Balaban J connectivity index is 1.95. The number of rotatable bonds is 6. The van der Waals surface area contributed by atoms with Crippen molar-refractivity contribution in [1.29, 1.82) is 0 Å². The lowest BCUT2D eigenvalue weighted by Crippen LogP contribution is -2.32. The molecule has 1 unspecified atom stereocenters. The summed E-state index contributed by atoms with van der Waals surface area (Å²) in [6.07, 6.45) is 0. The predicted molar refractivity (Wildman–Crippen MR) is 89.5 cm³/mol. The van der Waals surface area contributed by atoms with Crippen LogP contribution < -0.4 is 15.4 Å². The first-order valence-corrected chi connectivity index (χ1v) is 7.50. The molecule has 0 saturated carbocycles. The molecule has 1 amide bonds. The minimum absolute atomic E-state index is 0.0588. The van der Waals surface area contributed by atoms with Crippen molar-refractivity contribution in [1.82, 2.24) is 5.32 Å². The van der Waals surface area contributed by atoms with E-state index in [2.05, 4.69) is 10.6 Å². The number of anilines is 1. The van der Waals surface area contributed by atoms with Crippen LogP contribution in [0, 0.1) is 5.82 Å². The van der Waals surface area contributed by atoms with Crippen LogP contribution in [0.2, 0.25) is 5.02 Å². The molecule has 0 bridgehead atoms. The molecular formula is C17H18ClFN2O2. The highest BCUT2D eigenvalue weighted by molar-refractivity contribution is 6.30. The molecule has 4 nitrogen and oxygen atoms in total. The fourth-order valence-electron chi connectivity index (χ4n) is 2.20. The van der Waals surface area contributed by atoms with E-state index in [0.717, 1.165) is 5.56 Å². The maximum Gasteiger partial charge on any atom is 0.239 e. The van der Waals surface area contributed by atoms with E-state index >= 15 is 0 Å². The maximum absolute atomic E-state index is 13.6. The minimum Gasteiger partial charge on any atom is -0.496 e. The number of nitrogens with one attached hydrogen (secondary N) is 2. The molecule has 0 aliphatic heterocycles. The highest BCUT2D eigenvalue weighted by Gasteiger charge is 2.13. The van der Waals surface area contributed by atoms with Crippen LogP contribution in [0.4, 0.5) is 10.1 Å². The first-order valence-electron chi connectivity index (χ1n) is 7.12. The summed E-state index contributed by atoms with van der Waals surface area (Å²) in [7, 11) is 1.58. The van der Waals surface area contributed by atoms with Gasteiger partial charge in [-0.3, -0.25) is 4.79 Å². The van der Waals surface area contributed by atoms with Gasteiger partial charge in [0.05, 0.1) is 25.4 Å². The summed E-state index contributed by atoms with van der Waals surface area (Å²) < 4.78 is 18.9. The third kappa shape index (κ3) is 4.60. The van der Waals surface area contributed by atoms with Crippen molar-refractivity contribution in [3.63, 3.8) is 0 Å². The lowest BCUT2D eigenvalue weighted by atomic mass is 10.1. The van der Waals surface area contributed by atoms with Crippen LogP contribution in [-0.2, 0) is 4.79 Å². The van der Waals surface area contributed by atoms with E-state index in [4.69, 9.17) is 16.3 Å². The zero-order valence-corrected chi connectivity index (χ0v) is 13.7. The Morgan fingerprint density at radius 1 is 1.30 bits per heavy atom. The smallest absolute Gasteiger partial charge is 0.239 e. The molecule has 0 radical (unpaired) electrons. The molecule has 0 aliphatic carbocycles. The number of hydrogen-bond acceptors (Lipinski definition) is 3. The minimum atomic E-state index is -0.458. The number of para-hydroxylation sites is 1. The Kier molecular flexibility index (Phi) is 5.82. The van der Waals surface area contributed by atoms with Crippen LogP contribution in [0.3, 0.4) is 0 Å². The molecule has 122 valence electrons. The number of amides is 1. The number of ether oxygens (including phenoxy) is 1. The second kappa shape index (κ2) is 7.83. The Labute approximate surface area is 139 Å². The topological polar surface area (TPSA) is 50.4 Å². The Morgan fingerprint density at radius 3 is 2.78 bits per heavy atom. The summed E-state index contributed by atoms with van der Waals surface area (Å²) in [4.78, 5) is 12.0. The van der Waals surface area contributed by atoms with E-state index in [0.29, 0.717) is 10.8 Å². The van der Waals surface area contributed by atoms with Gasteiger partial charge in [-0.05, 0) is 31.2 Å². The summed E-state index contributed by atoms with van der Waals surface area (Å²) in [5, 5.41) is 5.97. The molecule has 2 aromatic rings. The van der Waals surface area contributed by atoms with E-state index in [9.17, 15) is 9.18 Å². The average molecular weight is 337 g/mol. The lowest BCUT2D eigenvalue weighted by Gasteiger charge is -2.17. The molecule has 0 spiro atoms. The Hall–Kier alpha value is -2.27. The summed E-state index contributed by atoms with van der Waals surface area (Å²) >= 11 is 5.81. The number of hydrogen-bond donors (Lipinski definition) is 2. The van der Waals surface area contributed by atoms with Gasteiger partial charge >= 0.3 is 0 Å². The van der Waals surface area contributed by atoms with Gasteiger partial charge in [0.1, 0.15) is 11.6 Å². The van der Waals surface area contributed by atoms with E-state index in [-0.39, 0.29) is 24.2 Å². The van der Waals surface area contributed by atoms with Crippen molar-refractivity contribution >= 4 is 23.2 Å². The number of carbonyl (C=O) groups is 1. The van der Waals surface area contributed by atoms with Gasteiger partial charge < -0.3 is 15.4 Å². The standard InChI is InChI=1S/C17H18ClFN2O2/c1-11(13-5-3-4-6-16(13)23-2)21-17(22)10-20-15-9-12(18)7-8-14(15)19/h3-9,11,20H,10H2,1-2H3,(H,21,22). The van der Waals surface area contributed by atoms with Gasteiger partial charge in [-0.1, -0.05) is 29.8 Å². The molecule has 2 N–H and O–H groups in total. The largest absolute Gasteiger partial charge is 0.496 e. The van der Waals surface area contributed by atoms with E-state index in [1.165, 1.54) is 18.2 Å². The monoisotopic (exact) mass is 336 g/mol. The molecule has 6 heteroatoms. The van der Waals surface area contributed by atoms with Crippen LogP contribution in [0.5, 0.6) is 5.75 Å². The van der Waals surface area contributed by atoms with Crippen LogP contribution in [0.25, 0.3) is 0 Å². The number of carbonyl (C=O) groups excluding carboxylic acids is 1. The number of methoxy groups -OCH3 is 1. The summed E-state index contributed by atoms with van der Waals surface area (Å²) in [5.74, 6) is -0.0168. The quantitative estimate of drug-likeness (QED) is 0.844. The molecule has 2 aromatic carbocycles. The third-order valence-corrected chi connectivity index (χ3v) is 3.59. The second-order valence-electron chi connectivity index (χ2n) is 5.01. The number of benzene rings is 2. The van der Waals surface area contributed by atoms with Gasteiger partial charge in [0.15, 0.2) is 0 Å². The number of halogens is 2. The Bertz CT molecular complexity index is 694. The van der Waals surface area contributed by atoms with Gasteiger partial charge in [0.25, 0.3) is 0 Å². The van der Waals surface area contributed by atoms with Gasteiger partial charge in [-0.25, -0.2) is 4.39 Å². The molecule has 0 heterocycles. The SMILES string of the molecule is COc1ccccc1C(C)NC(=O)CNc1cc(Cl)ccc1F. The first-order chi connectivity index (χ1) is 11.0. The van der Waals surface area contributed by atoms with Crippen molar-refractivity contribution in [3.05, 3.63) is 58.9 Å². The van der Waals surface area contributed by atoms with Crippen LogP contribution in [-0.4, -0.2) is 19.6 Å². The second-order valence-corrected chi connectivity index (χ2v) is 5.45. The van der Waals surface area contributed by atoms with Crippen molar-refractivity contribution < 1.29 is 13.9 Å². The molecule has 0 aromatic heterocycles. The third-order valence-electron chi connectivity index (χ3n) is 3.35. The van der Waals surface area contributed by atoms with Crippen LogP contribution in [0.15, 0.2) is 42.5 Å². The fourth-order valence-corrected chi connectivity index (χ4v) is 2.37. The van der Waals surface area contributed by atoms with Crippen LogP contribution >= 0.6 is 11.6 Å². The molecule has 0 saturated heterocycles. The highest BCUT2D eigenvalue weighted by atomic mass is 35.5. The average Bonchev–Trinajstić information content (AvgIpc) is 2.55. The molecule has 0 fully saturated rings. The van der Waals surface area contributed by atoms with E-state index in [1.54, 1.807) is 7.11 Å². The van der Waals surface area contributed by atoms with Crippen molar-refractivity contribution in [2.75, 3.05) is 19.0 Å². The molecule has 23 heavy (non-hydrogen) atoms. The maximum atomic E-state index is 13.6. The predicted octanol–water partition coefficient (Wildman–Crippen LogP) is 3.78. The summed E-state index contributed by atoms with van der Waals surface area (Å²) in [5.41, 5.74) is 1.06. The zero-order valence-electron chi connectivity index (χ0n) is 12.9. The van der Waals surface area contributed by atoms with Gasteiger partial charge in [-0.2, -0.15) is 0 Å². The molecule has 2 rings (SSSR count). The summed E-state index contributed by atoms with van der Waals surface area (Å²) in [6, 6.07) is 11.4.